The van der Waals surface area contributed by atoms with Crippen molar-refractivity contribution in [2.75, 3.05) is 13.1 Å². The Morgan fingerprint density at radius 1 is 1.30 bits per heavy atom. The minimum absolute atomic E-state index is 0.0508. The van der Waals surface area contributed by atoms with E-state index in [1.165, 1.54) is 12.3 Å². The molecule has 23 heavy (non-hydrogen) atoms. The first kappa shape index (κ1) is 18.3. The number of pyridine rings is 1. The Hall–Kier alpha value is -2.71. The summed E-state index contributed by atoms with van der Waals surface area (Å²) in [5.41, 5.74) is -0.972. The largest absolute Gasteiger partial charge is 0.444 e. The first-order valence-electron chi connectivity index (χ1n) is 7.04. The van der Waals surface area contributed by atoms with Gasteiger partial charge in [-0.1, -0.05) is 0 Å². The van der Waals surface area contributed by atoms with Crippen molar-refractivity contribution in [3.8, 4) is 0 Å². The van der Waals surface area contributed by atoms with Gasteiger partial charge in [-0.15, -0.1) is 0 Å². The molecule has 0 spiro atoms. The lowest BCUT2D eigenvalue weighted by Crippen LogP contribution is -2.34. The SMILES string of the molecule is CC(C)(C)OC(=O)NCCCNC(=O)c1ccncc1[N+](=O)[O-]. The number of carbonyl (C=O) groups excluding carboxylic acids is 2. The molecule has 2 N–H and O–H groups in total. The zero-order valence-electron chi connectivity index (χ0n) is 13.3. The molecule has 126 valence electrons. The molecule has 1 aromatic heterocycles. The van der Waals surface area contributed by atoms with Crippen molar-refractivity contribution >= 4 is 17.7 Å². The van der Waals surface area contributed by atoms with Gasteiger partial charge >= 0.3 is 6.09 Å². The van der Waals surface area contributed by atoms with Gasteiger partial charge in [-0.2, -0.15) is 0 Å². The Bertz CT molecular complexity index is 583. The molecule has 0 radical (unpaired) electrons. The van der Waals surface area contributed by atoms with E-state index < -0.39 is 22.5 Å². The van der Waals surface area contributed by atoms with Crippen LogP contribution >= 0.6 is 0 Å². The molecular formula is C14H20N4O5. The van der Waals surface area contributed by atoms with Crippen LogP contribution in [0.25, 0.3) is 0 Å². The van der Waals surface area contributed by atoms with Crippen LogP contribution in [0.1, 0.15) is 37.6 Å². The summed E-state index contributed by atoms with van der Waals surface area (Å²) in [7, 11) is 0. The fraction of sp³-hybridized carbons (Fsp3) is 0.500. The lowest BCUT2D eigenvalue weighted by molar-refractivity contribution is -0.385. The van der Waals surface area contributed by atoms with E-state index in [9.17, 15) is 19.7 Å². The van der Waals surface area contributed by atoms with E-state index >= 15 is 0 Å². The first-order valence-corrected chi connectivity index (χ1v) is 7.04. The molecule has 0 unspecified atom stereocenters. The topological polar surface area (TPSA) is 123 Å². The number of nitro groups is 1. The van der Waals surface area contributed by atoms with Crippen molar-refractivity contribution in [2.24, 2.45) is 0 Å². The Morgan fingerprint density at radius 3 is 2.57 bits per heavy atom. The predicted molar refractivity (Wildman–Crippen MR) is 82.1 cm³/mol. The quantitative estimate of drug-likeness (QED) is 0.466. The maximum absolute atomic E-state index is 11.9. The summed E-state index contributed by atoms with van der Waals surface area (Å²) in [6.45, 7) is 5.85. The van der Waals surface area contributed by atoms with Gasteiger partial charge in [0.2, 0.25) is 0 Å². The van der Waals surface area contributed by atoms with Crippen LogP contribution in [0.2, 0.25) is 0 Å². The molecule has 0 atom stereocenters. The third kappa shape index (κ3) is 6.72. The molecule has 2 amide bonds. The summed E-state index contributed by atoms with van der Waals surface area (Å²) >= 11 is 0. The van der Waals surface area contributed by atoms with Crippen LogP contribution in [0.5, 0.6) is 0 Å². The van der Waals surface area contributed by atoms with E-state index in [0.717, 1.165) is 6.20 Å². The summed E-state index contributed by atoms with van der Waals surface area (Å²) in [5.74, 6) is -0.559. The lowest BCUT2D eigenvalue weighted by atomic mass is 10.2. The van der Waals surface area contributed by atoms with Gasteiger partial charge in [0.15, 0.2) is 0 Å². The molecule has 0 bridgehead atoms. The number of nitrogens with one attached hydrogen (secondary N) is 2. The van der Waals surface area contributed by atoms with E-state index in [-0.39, 0.29) is 17.8 Å². The molecule has 1 heterocycles. The molecule has 9 heteroatoms. The number of rotatable bonds is 6. The molecule has 1 aromatic rings. The molecule has 0 aliphatic carbocycles. The van der Waals surface area contributed by atoms with Gasteiger partial charge in [0.25, 0.3) is 11.6 Å². The van der Waals surface area contributed by atoms with Gasteiger partial charge in [0.05, 0.1) is 4.92 Å². The summed E-state index contributed by atoms with van der Waals surface area (Å²) in [6, 6.07) is 1.28. The van der Waals surface area contributed by atoms with Crippen molar-refractivity contribution in [3.63, 3.8) is 0 Å². The number of hydrogen-bond donors (Lipinski definition) is 2. The number of ether oxygens (including phenoxy) is 1. The number of hydrogen-bond acceptors (Lipinski definition) is 6. The van der Waals surface area contributed by atoms with Crippen LogP contribution in [0.3, 0.4) is 0 Å². The van der Waals surface area contributed by atoms with Gasteiger partial charge in [-0.25, -0.2) is 4.79 Å². The van der Waals surface area contributed by atoms with Crippen molar-refractivity contribution in [3.05, 3.63) is 34.1 Å². The molecule has 9 nitrogen and oxygen atoms in total. The Morgan fingerprint density at radius 2 is 1.96 bits per heavy atom. The average Bonchev–Trinajstić information content (AvgIpc) is 2.44. The van der Waals surface area contributed by atoms with Crippen LogP contribution < -0.4 is 10.6 Å². The van der Waals surface area contributed by atoms with Crippen LogP contribution in [0.4, 0.5) is 10.5 Å². The molecule has 0 saturated carbocycles. The fourth-order valence-electron chi connectivity index (χ4n) is 1.61. The second-order valence-electron chi connectivity index (χ2n) is 5.69. The normalized spacial score (nSPS) is 10.7. The van der Waals surface area contributed by atoms with Gasteiger partial charge in [0.1, 0.15) is 17.4 Å². The van der Waals surface area contributed by atoms with E-state index in [1.807, 2.05) is 0 Å². The molecular weight excluding hydrogens is 304 g/mol. The average molecular weight is 324 g/mol. The number of amides is 2. The molecule has 0 saturated heterocycles. The van der Waals surface area contributed by atoms with E-state index in [2.05, 4.69) is 15.6 Å². The number of aromatic nitrogens is 1. The highest BCUT2D eigenvalue weighted by atomic mass is 16.6. The maximum Gasteiger partial charge on any atom is 0.407 e. The zero-order chi connectivity index (χ0) is 17.5. The highest BCUT2D eigenvalue weighted by Gasteiger charge is 2.19. The second kappa shape index (κ2) is 8.06. The molecule has 0 aliphatic rings. The van der Waals surface area contributed by atoms with Gasteiger partial charge < -0.3 is 15.4 Å². The maximum atomic E-state index is 11.9. The number of carbonyl (C=O) groups is 2. The Labute approximate surface area is 133 Å². The Balaban J connectivity index is 2.36. The van der Waals surface area contributed by atoms with Gasteiger partial charge in [-0.3, -0.25) is 19.9 Å². The minimum atomic E-state index is -0.661. The van der Waals surface area contributed by atoms with Gasteiger partial charge in [-0.05, 0) is 33.3 Å². The summed E-state index contributed by atoms with van der Waals surface area (Å²) in [6.07, 6.45) is 2.27. The first-order chi connectivity index (χ1) is 10.7. The summed E-state index contributed by atoms with van der Waals surface area (Å²) in [4.78, 5) is 37.1. The molecule has 1 rings (SSSR count). The van der Waals surface area contributed by atoms with Crippen LogP contribution in [-0.4, -0.2) is 40.6 Å². The van der Waals surface area contributed by atoms with Crippen molar-refractivity contribution in [1.82, 2.24) is 15.6 Å². The van der Waals surface area contributed by atoms with Crippen LogP contribution in [0, 0.1) is 10.1 Å². The van der Waals surface area contributed by atoms with E-state index in [0.29, 0.717) is 13.0 Å². The highest BCUT2D eigenvalue weighted by molar-refractivity contribution is 5.97. The highest BCUT2D eigenvalue weighted by Crippen LogP contribution is 2.15. The fourth-order valence-corrected chi connectivity index (χ4v) is 1.61. The summed E-state index contributed by atoms with van der Waals surface area (Å²) in [5, 5.41) is 15.9. The predicted octanol–water partition coefficient (Wildman–Crippen LogP) is 1.63. The van der Waals surface area contributed by atoms with E-state index in [4.69, 9.17) is 4.74 Å². The smallest absolute Gasteiger partial charge is 0.407 e. The lowest BCUT2D eigenvalue weighted by Gasteiger charge is -2.19. The minimum Gasteiger partial charge on any atom is -0.444 e. The zero-order valence-corrected chi connectivity index (χ0v) is 13.3. The number of alkyl carbamates (subject to hydrolysis) is 1. The standard InChI is InChI=1S/C14H20N4O5/c1-14(2,3)23-13(20)17-7-4-6-16-12(19)10-5-8-15-9-11(10)18(21)22/h5,8-9H,4,6-7H2,1-3H3,(H,16,19)(H,17,20). The third-order valence-electron chi connectivity index (χ3n) is 2.55. The molecule has 0 aliphatic heterocycles. The monoisotopic (exact) mass is 324 g/mol. The van der Waals surface area contributed by atoms with Crippen LogP contribution in [0.15, 0.2) is 18.5 Å². The van der Waals surface area contributed by atoms with Gasteiger partial charge in [0, 0.05) is 19.3 Å². The number of nitrogens with zero attached hydrogens (tertiary/aromatic N) is 2. The third-order valence-corrected chi connectivity index (χ3v) is 2.55. The second-order valence-corrected chi connectivity index (χ2v) is 5.69. The van der Waals surface area contributed by atoms with Crippen LogP contribution in [-0.2, 0) is 4.74 Å². The molecule has 0 fully saturated rings. The van der Waals surface area contributed by atoms with Crippen molar-refractivity contribution < 1.29 is 19.2 Å². The summed E-state index contributed by atoms with van der Waals surface area (Å²) < 4.78 is 5.06. The van der Waals surface area contributed by atoms with Crippen molar-refractivity contribution in [1.29, 1.82) is 0 Å². The van der Waals surface area contributed by atoms with Crippen molar-refractivity contribution in [2.45, 2.75) is 32.8 Å². The van der Waals surface area contributed by atoms with E-state index in [1.54, 1.807) is 20.8 Å². The molecule has 0 aromatic carbocycles. The Kier molecular flexibility index (Phi) is 6.43.